The monoisotopic (exact) mass is 329 g/mol. The molecule has 0 aliphatic carbocycles. The highest BCUT2D eigenvalue weighted by atomic mass is 16.7. The topological polar surface area (TPSA) is 74.3 Å². The van der Waals surface area contributed by atoms with E-state index in [0.717, 1.165) is 0 Å². The Bertz CT molecular complexity index is 466. The highest BCUT2D eigenvalue weighted by Crippen LogP contribution is 2.40. The van der Waals surface area contributed by atoms with Gasteiger partial charge in [0.05, 0.1) is 7.11 Å². The van der Waals surface area contributed by atoms with Crippen molar-refractivity contribution in [2.45, 2.75) is 51.0 Å². The van der Waals surface area contributed by atoms with Gasteiger partial charge in [-0.2, -0.15) is 0 Å². The zero-order chi connectivity index (χ0) is 17.8. The van der Waals surface area contributed by atoms with Gasteiger partial charge in [-0.3, -0.25) is 4.90 Å². The molecule has 1 saturated heterocycles. The number of hydrogen-bond acceptors (Lipinski definition) is 6. The number of hydrogen-bond donors (Lipinski definition) is 0. The van der Waals surface area contributed by atoms with Crippen LogP contribution in [0.1, 0.15) is 33.6 Å². The number of nitrogens with zero attached hydrogens (tertiary/aromatic N) is 1. The summed E-state index contributed by atoms with van der Waals surface area (Å²) in [5, 5.41) is 0. The van der Waals surface area contributed by atoms with E-state index in [2.05, 4.69) is 6.58 Å². The fourth-order valence-corrected chi connectivity index (χ4v) is 2.66. The van der Waals surface area contributed by atoms with Crippen molar-refractivity contribution in [1.82, 2.24) is 4.90 Å². The highest BCUT2D eigenvalue weighted by molar-refractivity contribution is 5.90. The molecule has 0 saturated carbocycles. The average Bonchev–Trinajstić information content (AvgIpc) is 2.80. The van der Waals surface area contributed by atoms with E-state index in [0.29, 0.717) is 18.5 Å². The quantitative estimate of drug-likeness (QED) is 0.437. The van der Waals surface area contributed by atoms with Crippen molar-refractivity contribution in [3.63, 3.8) is 0 Å². The van der Waals surface area contributed by atoms with Gasteiger partial charge in [0.15, 0.2) is 11.8 Å². The Kier molecular flexibility index (Phi) is 6.18. The van der Waals surface area contributed by atoms with E-state index in [9.17, 15) is 9.59 Å². The van der Waals surface area contributed by atoms with E-state index >= 15 is 0 Å². The van der Waals surface area contributed by atoms with Gasteiger partial charge in [0.1, 0.15) is 5.60 Å². The van der Waals surface area contributed by atoms with Crippen LogP contribution in [0.15, 0.2) is 12.2 Å². The molecule has 7 heteroatoms. The number of carbonyl (C=O) groups excluding carboxylic acids is 2. The second-order valence-corrected chi connectivity index (χ2v) is 6.44. The summed E-state index contributed by atoms with van der Waals surface area (Å²) >= 11 is 0. The summed E-state index contributed by atoms with van der Waals surface area (Å²) in [6.07, 6.45) is -0.708. The van der Waals surface area contributed by atoms with Crippen molar-refractivity contribution in [3.05, 3.63) is 12.2 Å². The van der Waals surface area contributed by atoms with Crippen LogP contribution < -0.4 is 0 Å². The van der Waals surface area contributed by atoms with E-state index in [4.69, 9.17) is 18.9 Å². The number of esters is 1. The summed E-state index contributed by atoms with van der Waals surface area (Å²) in [6.45, 7) is 9.59. The van der Waals surface area contributed by atoms with E-state index in [1.54, 1.807) is 20.8 Å². The molecule has 1 aliphatic heterocycles. The zero-order valence-corrected chi connectivity index (χ0v) is 14.8. The number of methoxy groups -OCH3 is 3. The summed E-state index contributed by atoms with van der Waals surface area (Å²) in [5.74, 6) is -0.579. The van der Waals surface area contributed by atoms with Gasteiger partial charge < -0.3 is 18.9 Å². The molecule has 7 nitrogen and oxygen atoms in total. The predicted octanol–water partition coefficient (Wildman–Crippen LogP) is 2.10. The zero-order valence-electron chi connectivity index (χ0n) is 14.8. The molecule has 132 valence electrons. The molecule has 23 heavy (non-hydrogen) atoms. The largest absolute Gasteiger partial charge is 0.467 e. The standard InChI is InChI=1S/C16H27NO6/c1-11-8-9-17(14(19)23-15(2,3)4)16(11,13(18)22-7)10-12(20-5)21-6/h12H,1,8-10H2,2-7H3/t16-/m0/s1. The van der Waals surface area contributed by atoms with Crippen LogP contribution >= 0.6 is 0 Å². The van der Waals surface area contributed by atoms with Crippen molar-refractivity contribution in [2.75, 3.05) is 27.9 Å². The Balaban J connectivity index is 3.23. The van der Waals surface area contributed by atoms with E-state index < -0.39 is 29.5 Å². The fourth-order valence-electron chi connectivity index (χ4n) is 2.66. The number of ether oxygens (including phenoxy) is 4. The Morgan fingerprint density at radius 2 is 1.83 bits per heavy atom. The van der Waals surface area contributed by atoms with Crippen LogP contribution in [0.5, 0.6) is 0 Å². The van der Waals surface area contributed by atoms with Crippen LogP contribution in [0.25, 0.3) is 0 Å². The fraction of sp³-hybridized carbons (Fsp3) is 0.750. The number of likely N-dealkylation sites (tertiary alicyclic amines) is 1. The molecule has 1 heterocycles. The SMILES string of the molecule is C=C1CCN(C(=O)OC(C)(C)C)[C@]1(CC(OC)OC)C(=O)OC. The first kappa shape index (κ1) is 19.4. The van der Waals surface area contributed by atoms with Crippen LogP contribution in [0.3, 0.4) is 0 Å². The number of rotatable bonds is 5. The molecule has 0 N–H and O–H groups in total. The molecule has 0 aromatic rings. The van der Waals surface area contributed by atoms with Gasteiger partial charge in [0.2, 0.25) is 0 Å². The third-order valence-electron chi connectivity index (χ3n) is 3.81. The van der Waals surface area contributed by atoms with Crippen LogP contribution in [0.4, 0.5) is 4.79 Å². The lowest BCUT2D eigenvalue weighted by Crippen LogP contribution is -2.57. The van der Waals surface area contributed by atoms with Gasteiger partial charge in [-0.1, -0.05) is 6.58 Å². The lowest BCUT2D eigenvalue weighted by atomic mass is 9.87. The van der Waals surface area contributed by atoms with Gasteiger partial charge in [-0.15, -0.1) is 0 Å². The third kappa shape index (κ3) is 4.03. The molecule has 1 aliphatic rings. The summed E-state index contributed by atoms with van der Waals surface area (Å²) in [7, 11) is 4.21. The minimum Gasteiger partial charge on any atom is -0.467 e. The minimum atomic E-state index is -1.35. The van der Waals surface area contributed by atoms with Crippen molar-refractivity contribution < 1.29 is 28.5 Å². The molecule has 0 spiro atoms. The molecule has 0 aromatic heterocycles. The maximum absolute atomic E-state index is 12.6. The highest BCUT2D eigenvalue weighted by Gasteiger charge is 2.55. The van der Waals surface area contributed by atoms with E-state index in [1.165, 1.54) is 26.2 Å². The summed E-state index contributed by atoms with van der Waals surface area (Å²) < 4.78 is 20.8. The second-order valence-electron chi connectivity index (χ2n) is 6.44. The first-order chi connectivity index (χ1) is 10.6. The molecule has 0 radical (unpaired) electrons. The van der Waals surface area contributed by atoms with Gasteiger partial charge >= 0.3 is 12.1 Å². The molecule has 0 unspecified atom stereocenters. The van der Waals surface area contributed by atoms with Crippen molar-refractivity contribution in [1.29, 1.82) is 0 Å². The number of carbonyl (C=O) groups is 2. The molecular formula is C16H27NO6. The Morgan fingerprint density at radius 3 is 2.26 bits per heavy atom. The van der Waals surface area contributed by atoms with Crippen LogP contribution in [-0.2, 0) is 23.7 Å². The molecule has 1 fully saturated rings. The Labute approximate surface area is 137 Å². The molecule has 0 bridgehead atoms. The number of amides is 1. The molecule has 0 aromatic carbocycles. The van der Waals surface area contributed by atoms with Crippen molar-refractivity contribution in [3.8, 4) is 0 Å². The first-order valence-electron chi connectivity index (χ1n) is 7.45. The van der Waals surface area contributed by atoms with Gasteiger partial charge in [-0.05, 0) is 32.8 Å². The molecule has 1 amide bonds. The maximum atomic E-state index is 12.6. The van der Waals surface area contributed by atoms with Gasteiger partial charge in [-0.25, -0.2) is 9.59 Å². The third-order valence-corrected chi connectivity index (χ3v) is 3.81. The first-order valence-corrected chi connectivity index (χ1v) is 7.45. The normalized spacial score (nSPS) is 21.7. The maximum Gasteiger partial charge on any atom is 0.411 e. The smallest absolute Gasteiger partial charge is 0.411 e. The van der Waals surface area contributed by atoms with Crippen LogP contribution in [-0.4, -0.2) is 62.3 Å². The molecular weight excluding hydrogens is 302 g/mol. The molecule has 1 atom stereocenters. The van der Waals surface area contributed by atoms with Crippen molar-refractivity contribution in [2.24, 2.45) is 0 Å². The summed E-state index contributed by atoms with van der Waals surface area (Å²) in [6, 6.07) is 0. The predicted molar refractivity (Wildman–Crippen MR) is 83.9 cm³/mol. The lowest BCUT2D eigenvalue weighted by molar-refractivity contribution is -0.162. The minimum absolute atomic E-state index is 0.0880. The van der Waals surface area contributed by atoms with Crippen LogP contribution in [0.2, 0.25) is 0 Å². The molecule has 1 rings (SSSR count). The Morgan fingerprint density at radius 1 is 1.26 bits per heavy atom. The van der Waals surface area contributed by atoms with Gasteiger partial charge in [0.25, 0.3) is 0 Å². The second kappa shape index (κ2) is 7.31. The summed E-state index contributed by atoms with van der Waals surface area (Å²) in [5.41, 5.74) is -1.45. The van der Waals surface area contributed by atoms with Gasteiger partial charge in [0, 0.05) is 27.2 Å². The average molecular weight is 329 g/mol. The lowest BCUT2D eigenvalue weighted by Gasteiger charge is -2.38. The van der Waals surface area contributed by atoms with Crippen molar-refractivity contribution >= 4 is 12.1 Å². The summed E-state index contributed by atoms with van der Waals surface area (Å²) in [4.78, 5) is 26.5. The van der Waals surface area contributed by atoms with Crippen LogP contribution in [0, 0.1) is 0 Å². The van der Waals surface area contributed by atoms with E-state index in [-0.39, 0.29) is 6.42 Å². The Hall–Kier alpha value is -1.60. The van der Waals surface area contributed by atoms with E-state index in [1.807, 2.05) is 0 Å².